The first-order chi connectivity index (χ1) is 13.5. The van der Waals surface area contributed by atoms with E-state index in [1.807, 2.05) is 36.4 Å². The van der Waals surface area contributed by atoms with E-state index in [9.17, 15) is 4.79 Å². The largest absolute Gasteiger partial charge is 0.457 e. The molecule has 1 fully saturated rings. The van der Waals surface area contributed by atoms with E-state index in [-0.39, 0.29) is 5.91 Å². The van der Waals surface area contributed by atoms with Gasteiger partial charge in [-0.2, -0.15) is 0 Å². The van der Waals surface area contributed by atoms with Crippen molar-refractivity contribution < 1.29 is 9.21 Å². The van der Waals surface area contributed by atoms with E-state index in [1.165, 1.54) is 16.7 Å². The maximum Gasteiger partial charge on any atom is 0.266 e. The van der Waals surface area contributed by atoms with Crippen LogP contribution in [0.5, 0.6) is 0 Å². The molecule has 0 saturated carbocycles. The number of hydrogen-bond acceptors (Lipinski definition) is 4. The van der Waals surface area contributed by atoms with Crippen LogP contribution in [-0.4, -0.2) is 23.0 Å². The first-order valence-corrected chi connectivity index (χ1v) is 9.94. The van der Waals surface area contributed by atoms with Crippen molar-refractivity contribution in [3.63, 3.8) is 0 Å². The lowest BCUT2D eigenvalue weighted by molar-refractivity contribution is -0.121. The van der Waals surface area contributed by atoms with Crippen molar-refractivity contribution in [2.45, 2.75) is 0 Å². The van der Waals surface area contributed by atoms with Crippen LogP contribution in [0.2, 0.25) is 10.0 Å². The molecule has 0 spiro atoms. The third-order valence-corrected chi connectivity index (χ3v) is 5.65. The molecule has 0 N–H and O–H groups in total. The van der Waals surface area contributed by atoms with E-state index >= 15 is 0 Å². The summed E-state index contributed by atoms with van der Waals surface area (Å²) in [4.78, 5) is 19.2. The molecule has 0 unspecified atom stereocenters. The first kappa shape index (κ1) is 18.9. The molecule has 2 heterocycles. The number of carbonyl (C=O) groups excluding carboxylic acids is 1. The number of rotatable bonds is 3. The molecular formula is C21H14Cl2N2O2S. The third-order valence-electron chi connectivity index (χ3n) is 4.08. The molecular weight excluding hydrogens is 415 g/mol. The van der Waals surface area contributed by atoms with Gasteiger partial charge in [-0.25, -0.2) is 4.99 Å². The van der Waals surface area contributed by atoms with E-state index in [0.717, 1.165) is 11.3 Å². The molecule has 28 heavy (non-hydrogen) atoms. The van der Waals surface area contributed by atoms with Gasteiger partial charge < -0.3 is 4.42 Å². The van der Waals surface area contributed by atoms with E-state index in [4.69, 9.17) is 27.6 Å². The average Bonchev–Trinajstić information content (AvgIpc) is 3.25. The lowest BCUT2D eigenvalue weighted by Crippen LogP contribution is -2.23. The molecule has 4 nitrogen and oxygen atoms in total. The number of halogens is 2. The molecule has 0 radical (unpaired) electrons. The molecule has 0 atom stereocenters. The lowest BCUT2D eigenvalue weighted by Gasteiger charge is -2.06. The highest BCUT2D eigenvalue weighted by Gasteiger charge is 2.30. The van der Waals surface area contributed by atoms with Gasteiger partial charge in [-0.15, -0.1) is 0 Å². The Kier molecular flexibility index (Phi) is 5.31. The van der Waals surface area contributed by atoms with Crippen LogP contribution < -0.4 is 0 Å². The second-order valence-electron chi connectivity index (χ2n) is 6.05. The number of amides is 1. The van der Waals surface area contributed by atoms with Crippen molar-refractivity contribution in [1.82, 2.24) is 4.90 Å². The quantitative estimate of drug-likeness (QED) is 0.447. The van der Waals surface area contributed by atoms with Crippen molar-refractivity contribution in [2.75, 3.05) is 7.05 Å². The molecule has 1 amide bonds. The number of amidine groups is 1. The van der Waals surface area contributed by atoms with Gasteiger partial charge in [0.1, 0.15) is 11.5 Å². The highest BCUT2D eigenvalue weighted by molar-refractivity contribution is 8.18. The summed E-state index contributed by atoms with van der Waals surface area (Å²) in [6.45, 7) is 0. The Bertz CT molecular complexity index is 1090. The number of hydrogen-bond donors (Lipinski definition) is 0. The Labute approximate surface area is 176 Å². The summed E-state index contributed by atoms with van der Waals surface area (Å²) >= 11 is 13.1. The van der Waals surface area contributed by atoms with Crippen molar-refractivity contribution in [3.05, 3.63) is 81.4 Å². The zero-order chi connectivity index (χ0) is 19.7. The summed E-state index contributed by atoms with van der Waals surface area (Å²) in [5, 5.41) is 1.91. The SMILES string of the molecule is CN1C(=O)/C(=C/c2ccc(-c3ccc(Cl)cc3)o2)S/C1=N/c1ccc(Cl)cc1. The number of nitrogens with zero attached hydrogens (tertiary/aromatic N) is 2. The van der Waals surface area contributed by atoms with Gasteiger partial charge >= 0.3 is 0 Å². The Morgan fingerprint density at radius 3 is 2.29 bits per heavy atom. The number of benzene rings is 2. The molecule has 0 bridgehead atoms. The average molecular weight is 429 g/mol. The molecule has 2 aromatic carbocycles. The number of aliphatic imine (C=N–C) groups is 1. The fourth-order valence-corrected chi connectivity index (χ4v) is 3.83. The van der Waals surface area contributed by atoms with Gasteiger partial charge in [0.25, 0.3) is 5.91 Å². The van der Waals surface area contributed by atoms with Crippen molar-refractivity contribution in [3.8, 4) is 11.3 Å². The fourth-order valence-electron chi connectivity index (χ4n) is 2.61. The standard InChI is InChI=1S/C21H14Cl2N2O2S/c1-25-20(26)19(28-21(25)24-16-8-6-15(23)7-9-16)12-17-10-11-18(27-17)13-2-4-14(22)5-3-13/h2-12H,1H3/b19-12-,24-21+. The summed E-state index contributed by atoms with van der Waals surface area (Å²) in [6.07, 6.45) is 1.73. The van der Waals surface area contributed by atoms with E-state index in [1.54, 1.807) is 37.4 Å². The monoisotopic (exact) mass is 428 g/mol. The number of furan rings is 1. The lowest BCUT2D eigenvalue weighted by atomic mass is 10.2. The van der Waals surface area contributed by atoms with Crippen LogP contribution >= 0.6 is 35.0 Å². The topological polar surface area (TPSA) is 45.8 Å². The predicted octanol–water partition coefficient (Wildman–Crippen LogP) is 6.49. The summed E-state index contributed by atoms with van der Waals surface area (Å²) in [5.41, 5.74) is 1.65. The van der Waals surface area contributed by atoms with Gasteiger partial charge in [-0.05, 0) is 72.4 Å². The van der Waals surface area contributed by atoms with Gasteiger partial charge in [-0.3, -0.25) is 9.69 Å². The van der Waals surface area contributed by atoms with E-state index in [0.29, 0.717) is 31.6 Å². The zero-order valence-corrected chi connectivity index (χ0v) is 17.1. The summed E-state index contributed by atoms with van der Waals surface area (Å²) < 4.78 is 5.86. The maximum absolute atomic E-state index is 12.6. The summed E-state index contributed by atoms with van der Waals surface area (Å²) in [7, 11) is 1.70. The van der Waals surface area contributed by atoms with Gasteiger partial charge in [0.15, 0.2) is 5.17 Å². The maximum atomic E-state index is 12.6. The Morgan fingerprint density at radius 1 is 0.964 bits per heavy atom. The second-order valence-corrected chi connectivity index (χ2v) is 7.94. The minimum Gasteiger partial charge on any atom is -0.457 e. The summed E-state index contributed by atoms with van der Waals surface area (Å²) in [6, 6.07) is 18.2. The molecule has 1 aliphatic rings. The molecule has 1 aliphatic heterocycles. The number of carbonyl (C=O) groups is 1. The third kappa shape index (κ3) is 4.02. The fraction of sp³-hybridized carbons (Fsp3) is 0.0476. The summed E-state index contributed by atoms with van der Waals surface area (Å²) in [5.74, 6) is 1.19. The predicted molar refractivity (Wildman–Crippen MR) is 116 cm³/mol. The Morgan fingerprint density at radius 2 is 1.61 bits per heavy atom. The van der Waals surface area contributed by atoms with Crippen LogP contribution in [0.4, 0.5) is 5.69 Å². The molecule has 140 valence electrons. The van der Waals surface area contributed by atoms with Crippen molar-refractivity contribution in [2.24, 2.45) is 4.99 Å². The second kappa shape index (κ2) is 7.87. The highest BCUT2D eigenvalue weighted by atomic mass is 35.5. The van der Waals surface area contributed by atoms with Crippen LogP contribution in [0.25, 0.3) is 17.4 Å². The van der Waals surface area contributed by atoms with Crippen LogP contribution in [-0.2, 0) is 4.79 Å². The minimum absolute atomic E-state index is 0.123. The van der Waals surface area contributed by atoms with Crippen LogP contribution in [0, 0.1) is 0 Å². The van der Waals surface area contributed by atoms with E-state index in [2.05, 4.69) is 4.99 Å². The van der Waals surface area contributed by atoms with Crippen molar-refractivity contribution in [1.29, 1.82) is 0 Å². The van der Waals surface area contributed by atoms with E-state index < -0.39 is 0 Å². The molecule has 7 heteroatoms. The van der Waals surface area contributed by atoms with Gasteiger partial charge in [0, 0.05) is 28.7 Å². The van der Waals surface area contributed by atoms with Crippen LogP contribution in [0.1, 0.15) is 5.76 Å². The normalized spacial score (nSPS) is 17.1. The number of thioether (sulfide) groups is 1. The molecule has 4 rings (SSSR count). The zero-order valence-electron chi connectivity index (χ0n) is 14.7. The van der Waals surface area contributed by atoms with Crippen LogP contribution in [0.15, 0.2) is 75.0 Å². The van der Waals surface area contributed by atoms with Gasteiger partial charge in [-0.1, -0.05) is 23.2 Å². The van der Waals surface area contributed by atoms with Gasteiger partial charge in [0.2, 0.25) is 0 Å². The Hall–Kier alpha value is -2.47. The number of likely N-dealkylation sites (N-methyl/N-ethyl adjacent to an activating group) is 1. The minimum atomic E-state index is -0.123. The smallest absolute Gasteiger partial charge is 0.266 e. The van der Waals surface area contributed by atoms with Crippen molar-refractivity contribution >= 4 is 57.8 Å². The van der Waals surface area contributed by atoms with Gasteiger partial charge in [0.05, 0.1) is 10.6 Å². The van der Waals surface area contributed by atoms with Crippen LogP contribution in [0.3, 0.4) is 0 Å². The Balaban J connectivity index is 1.57. The first-order valence-electron chi connectivity index (χ1n) is 8.37. The molecule has 1 aromatic heterocycles. The molecule has 1 saturated heterocycles. The molecule has 0 aliphatic carbocycles. The molecule has 3 aromatic rings. The highest BCUT2D eigenvalue weighted by Crippen LogP contribution is 2.34.